The third-order valence-electron chi connectivity index (χ3n) is 4.57. The average Bonchev–Trinajstić information content (AvgIpc) is 3.15. The zero-order chi connectivity index (χ0) is 15.3. The molecule has 2 aromatic carbocycles. The fourth-order valence-electron chi connectivity index (χ4n) is 3.54. The van der Waals surface area contributed by atoms with Crippen molar-refractivity contribution in [1.82, 2.24) is 0 Å². The predicted molar refractivity (Wildman–Crippen MR) is 88.8 cm³/mol. The Kier molecular flexibility index (Phi) is 3.42. The number of fused-ring (bicyclic) bond motifs is 2. The van der Waals surface area contributed by atoms with Crippen molar-refractivity contribution in [3.05, 3.63) is 86.6 Å². The second-order valence-electron chi connectivity index (χ2n) is 6.16. The van der Waals surface area contributed by atoms with Crippen LogP contribution < -0.4 is 10.4 Å². The quantitative estimate of drug-likeness (QED) is 0.730. The molecule has 0 fully saturated rings. The normalized spacial score (nSPS) is 14.8. The molecule has 2 aliphatic rings. The topological polar surface area (TPSA) is 0 Å². The van der Waals surface area contributed by atoms with Gasteiger partial charge in [0, 0.05) is 0 Å². The molecule has 0 aromatic heterocycles. The molecule has 0 atom stereocenters. The average molecular weight is 361 g/mol. The van der Waals surface area contributed by atoms with Gasteiger partial charge in [-0.1, -0.05) is 0 Å². The maximum absolute atomic E-state index is 2.32. The molecule has 22 heavy (non-hydrogen) atoms. The first-order valence-electron chi connectivity index (χ1n) is 7.71. The van der Waals surface area contributed by atoms with Crippen molar-refractivity contribution in [2.24, 2.45) is 0 Å². The first-order valence-corrected chi connectivity index (χ1v) is 8.93. The van der Waals surface area contributed by atoms with Gasteiger partial charge in [-0.05, 0) is 0 Å². The fraction of sp³-hybridized carbons (Fsp3) is 0.143. The molecule has 0 heterocycles. The van der Waals surface area contributed by atoms with E-state index in [1.807, 2.05) is 0 Å². The fourth-order valence-corrected chi connectivity index (χ4v) is 4.71. The molecule has 4 rings (SSSR count). The summed E-state index contributed by atoms with van der Waals surface area (Å²) < 4.78 is 1.50. The maximum atomic E-state index is 2.32. The molecule has 105 valence electrons. The van der Waals surface area contributed by atoms with Crippen molar-refractivity contribution in [2.75, 3.05) is 0 Å². The van der Waals surface area contributed by atoms with Gasteiger partial charge in [0.15, 0.2) is 0 Å². The molecule has 0 aliphatic heterocycles. The Bertz CT molecular complexity index is 1060. The molecule has 0 saturated carbocycles. The third-order valence-corrected chi connectivity index (χ3v) is 5.85. The van der Waals surface area contributed by atoms with Crippen LogP contribution in [-0.4, -0.2) is 0 Å². The van der Waals surface area contributed by atoms with E-state index in [1.165, 1.54) is 71.1 Å². The van der Waals surface area contributed by atoms with E-state index >= 15 is 0 Å². The summed E-state index contributed by atoms with van der Waals surface area (Å²) >= 11 is 1.50. The van der Waals surface area contributed by atoms with E-state index in [1.54, 1.807) is 0 Å². The van der Waals surface area contributed by atoms with E-state index in [0.29, 0.717) is 0 Å². The van der Waals surface area contributed by atoms with Gasteiger partial charge in [-0.3, -0.25) is 0 Å². The molecule has 0 amide bonds. The molecule has 2 aromatic rings. The van der Waals surface area contributed by atoms with Crippen molar-refractivity contribution in [2.45, 2.75) is 20.3 Å². The zero-order valence-corrected chi connectivity index (χ0v) is 15.4. The third kappa shape index (κ3) is 1.99. The Morgan fingerprint density at radius 3 is 2.36 bits per heavy atom. The van der Waals surface area contributed by atoms with Crippen LogP contribution >= 0.6 is 0 Å². The Morgan fingerprint density at radius 2 is 1.68 bits per heavy atom. The van der Waals surface area contributed by atoms with Gasteiger partial charge < -0.3 is 0 Å². The molecule has 0 nitrogen and oxygen atoms in total. The summed E-state index contributed by atoms with van der Waals surface area (Å²) in [5.74, 6) is 0. The minimum atomic E-state index is 1.05. The van der Waals surface area contributed by atoms with E-state index in [9.17, 15) is 0 Å². The van der Waals surface area contributed by atoms with E-state index in [-0.39, 0.29) is 0 Å². The van der Waals surface area contributed by atoms with Gasteiger partial charge in [0.1, 0.15) is 0 Å². The van der Waals surface area contributed by atoms with Crippen LogP contribution in [0, 0.1) is 10.4 Å². The van der Waals surface area contributed by atoms with Crippen LogP contribution in [0.15, 0.2) is 54.6 Å². The zero-order valence-electron chi connectivity index (χ0n) is 12.9. The van der Waals surface area contributed by atoms with Crippen molar-refractivity contribution >= 4 is 14.4 Å². The second kappa shape index (κ2) is 5.32. The number of benzene rings is 2. The molecule has 0 saturated heterocycles. The van der Waals surface area contributed by atoms with E-state index < -0.39 is 0 Å². The van der Waals surface area contributed by atoms with Crippen LogP contribution in [0.3, 0.4) is 0 Å². The van der Waals surface area contributed by atoms with Gasteiger partial charge in [0.05, 0.1) is 0 Å². The van der Waals surface area contributed by atoms with Gasteiger partial charge in [-0.25, -0.2) is 0 Å². The Morgan fingerprint density at radius 1 is 0.909 bits per heavy atom. The van der Waals surface area contributed by atoms with Crippen LogP contribution in [0.4, 0.5) is 0 Å². The molecule has 0 radical (unpaired) electrons. The number of rotatable bonds is 1. The van der Waals surface area contributed by atoms with Gasteiger partial charge in [-0.15, -0.1) is 0 Å². The van der Waals surface area contributed by atoms with Crippen molar-refractivity contribution in [3.63, 3.8) is 0 Å². The van der Waals surface area contributed by atoms with E-state index in [2.05, 4.69) is 68.5 Å². The van der Waals surface area contributed by atoms with Gasteiger partial charge >= 0.3 is 146 Å². The first-order chi connectivity index (χ1) is 10.7. The van der Waals surface area contributed by atoms with E-state index in [4.69, 9.17) is 0 Å². The Hall–Kier alpha value is -1.46. The van der Waals surface area contributed by atoms with Crippen molar-refractivity contribution < 1.29 is 24.7 Å². The first kappa shape index (κ1) is 14.2. The van der Waals surface area contributed by atoms with E-state index in [0.717, 1.165) is 6.42 Å². The molecule has 0 unspecified atom stereocenters. The summed E-state index contributed by atoms with van der Waals surface area (Å²) in [4.78, 5) is 0. The molecule has 0 bridgehead atoms. The molecule has 0 spiro atoms. The van der Waals surface area contributed by atoms with Crippen LogP contribution in [0.25, 0.3) is 14.4 Å². The second-order valence-corrected chi connectivity index (χ2v) is 7.38. The van der Waals surface area contributed by atoms with Crippen molar-refractivity contribution in [1.29, 1.82) is 0 Å². The summed E-state index contributed by atoms with van der Waals surface area (Å²) in [7, 11) is 0. The van der Waals surface area contributed by atoms with Gasteiger partial charge in [0.2, 0.25) is 0 Å². The summed E-state index contributed by atoms with van der Waals surface area (Å²) in [6, 6.07) is 13.5. The summed E-state index contributed by atoms with van der Waals surface area (Å²) in [6.07, 6.45) is 7.79. The van der Waals surface area contributed by atoms with Crippen LogP contribution in [-0.2, 0) is 24.7 Å². The van der Waals surface area contributed by atoms with Crippen LogP contribution in [0.1, 0.15) is 31.4 Å². The molecular formula is C21H17Zr. The van der Waals surface area contributed by atoms with Crippen LogP contribution in [0.2, 0.25) is 0 Å². The SMILES string of the molecule is CC(C)=c1ccc2c(c1C1=CC=CC1)[C]([Zr])=c1ccccc1=2. The Balaban J connectivity index is 2.25. The number of hydrogen-bond acceptors (Lipinski definition) is 0. The Labute approximate surface area is 145 Å². The molecule has 0 N–H and O–H groups in total. The summed E-state index contributed by atoms with van der Waals surface area (Å²) in [5.41, 5.74) is 5.80. The number of hydrogen-bond donors (Lipinski definition) is 0. The summed E-state index contributed by atoms with van der Waals surface area (Å²) in [6.45, 7) is 4.44. The monoisotopic (exact) mass is 359 g/mol. The van der Waals surface area contributed by atoms with Gasteiger partial charge in [0.25, 0.3) is 0 Å². The minimum absolute atomic E-state index is 1.05. The standard InChI is InChI=1S/C21H17.Zr/c1-14(2)17-11-12-19-18-10-6-5-9-16(18)13-20(19)21(17)15-7-3-4-8-15;/h3-7,9-12H,8H2,1-2H3;. The molecule has 2 aliphatic carbocycles. The molecular weight excluding hydrogens is 343 g/mol. The predicted octanol–water partition coefficient (Wildman–Crippen LogP) is 3.52. The van der Waals surface area contributed by atoms with Crippen LogP contribution in [0.5, 0.6) is 0 Å². The van der Waals surface area contributed by atoms with Gasteiger partial charge in [-0.2, -0.15) is 0 Å². The number of allylic oxidation sites excluding steroid dienone is 4. The summed E-state index contributed by atoms with van der Waals surface area (Å²) in [5, 5.41) is 5.64. The van der Waals surface area contributed by atoms with Crippen molar-refractivity contribution in [3.8, 4) is 0 Å². The molecule has 1 heteroatoms.